The standard InChI is InChI=1S/C19H36O4.C6H12O6/c1-2-3-4-5-6-7-8-9-10-11-12-13-14-15-19(22)23-17-18(21)16-20;7-1-3(9)5(11)6(12)4(10)2-8/h14-15,18,20-21H,2-13,16-17H2,1H3;1,3-6,8-12H,2H2/t;3-,4+,5+,6+/m.0/s1. The molecule has 5 atom stereocenters. The molecule has 0 saturated carbocycles. The summed E-state index contributed by atoms with van der Waals surface area (Å²) in [6.45, 7) is 0.942. The lowest BCUT2D eigenvalue weighted by Gasteiger charge is -2.22. The van der Waals surface area contributed by atoms with E-state index in [-0.39, 0.29) is 12.9 Å². The molecule has 0 aliphatic heterocycles. The van der Waals surface area contributed by atoms with Crippen LogP contribution in [0.1, 0.15) is 84.0 Å². The van der Waals surface area contributed by atoms with E-state index in [0.717, 1.165) is 12.8 Å². The second-order valence-corrected chi connectivity index (χ2v) is 8.55. The number of ether oxygens (including phenoxy) is 1. The molecule has 0 radical (unpaired) electrons. The molecule has 0 aliphatic rings. The van der Waals surface area contributed by atoms with E-state index < -0.39 is 49.7 Å². The van der Waals surface area contributed by atoms with E-state index in [9.17, 15) is 9.59 Å². The molecule has 0 rings (SSSR count). The molecule has 10 nitrogen and oxygen atoms in total. The van der Waals surface area contributed by atoms with E-state index in [1.165, 1.54) is 70.3 Å². The number of allylic oxidation sites excluding steroid dienone is 1. The van der Waals surface area contributed by atoms with Crippen molar-refractivity contribution in [3.63, 3.8) is 0 Å². The molecule has 35 heavy (non-hydrogen) atoms. The fraction of sp³-hybridized carbons (Fsp3) is 0.840. The van der Waals surface area contributed by atoms with E-state index in [1.807, 2.05) is 6.08 Å². The first-order valence-corrected chi connectivity index (χ1v) is 12.7. The van der Waals surface area contributed by atoms with Gasteiger partial charge in [-0.05, 0) is 12.8 Å². The van der Waals surface area contributed by atoms with Crippen LogP contribution >= 0.6 is 0 Å². The molecule has 0 bridgehead atoms. The van der Waals surface area contributed by atoms with Crippen LogP contribution in [-0.2, 0) is 14.3 Å². The van der Waals surface area contributed by atoms with Crippen molar-refractivity contribution in [2.45, 2.75) is 114 Å². The van der Waals surface area contributed by atoms with Crippen LogP contribution in [0.5, 0.6) is 0 Å². The van der Waals surface area contributed by atoms with Crippen molar-refractivity contribution in [2.24, 2.45) is 0 Å². The van der Waals surface area contributed by atoms with Gasteiger partial charge in [-0.1, -0.05) is 77.2 Å². The highest BCUT2D eigenvalue weighted by atomic mass is 16.5. The summed E-state index contributed by atoms with van der Waals surface area (Å²) in [4.78, 5) is 21.2. The zero-order valence-electron chi connectivity index (χ0n) is 21.1. The van der Waals surface area contributed by atoms with Crippen molar-refractivity contribution in [1.82, 2.24) is 0 Å². The minimum Gasteiger partial charge on any atom is -0.460 e. The summed E-state index contributed by atoms with van der Waals surface area (Å²) in [5, 5.41) is 61.2. The second kappa shape index (κ2) is 25.7. The number of esters is 1. The predicted molar refractivity (Wildman–Crippen MR) is 131 cm³/mol. The van der Waals surface area contributed by atoms with Crippen LogP contribution in [0.2, 0.25) is 0 Å². The van der Waals surface area contributed by atoms with E-state index >= 15 is 0 Å². The van der Waals surface area contributed by atoms with Crippen LogP contribution in [-0.4, -0.2) is 98.3 Å². The molecule has 0 aromatic rings. The summed E-state index contributed by atoms with van der Waals surface area (Å²) < 4.78 is 4.77. The molecule has 1 unspecified atom stereocenters. The third-order valence-electron chi connectivity index (χ3n) is 5.28. The molecule has 0 heterocycles. The Morgan fingerprint density at radius 2 is 1.29 bits per heavy atom. The van der Waals surface area contributed by atoms with Crippen LogP contribution in [0.4, 0.5) is 0 Å². The highest BCUT2D eigenvalue weighted by Gasteiger charge is 2.29. The predicted octanol–water partition coefficient (Wildman–Crippen LogP) is 0.761. The van der Waals surface area contributed by atoms with Gasteiger partial charge in [0.15, 0.2) is 6.29 Å². The zero-order chi connectivity index (χ0) is 26.9. The maximum absolute atomic E-state index is 11.3. The highest BCUT2D eigenvalue weighted by Crippen LogP contribution is 2.12. The molecule has 10 heteroatoms. The Balaban J connectivity index is 0. The number of hydrogen-bond acceptors (Lipinski definition) is 10. The Morgan fingerprint density at radius 1 is 0.771 bits per heavy atom. The lowest BCUT2D eigenvalue weighted by molar-refractivity contribution is -0.141. The molecule has 208 valence electrons. The van der Waals surface area contributed by atoms with Gasteiger partial charge in [-0.2, -0.15) is 0 Å². The first kappa shape index (κ1) is 35.8. The van der Waals surface area contributed by atoms with E-state index in [4.69, 9.17) is 40.5 Å². The van der Waals surface area contributed by atoms with Crippen LogP contribution in [0.25, 0.3) is 0 Å². The number of aliphatic hydroxyl groups excluding tert-OH is 7. The Bertz CT molecular complexity index is 514. The molecular formula is C25H48O10. The first-order chi connectivity index (χ1) is 16.7. The minimum atomic E-state index is -1.79. The summed E-state index contributed by atoms with van der Waals surface area (Å²) >= 11 is 0. The first-order valence-electron chi connectivity index (χ1n) is 12.7. The van der Waals surface area contributed by atoms with Gasteiger partial charge >= 0.3 is 5.97 Å². The van der Waals surface area contributed by atoms with Gasteiger partial charge in [0.25, 0.3) is 0 Å². The number of carbonyl (C=O) groups excluding carboxylic acids is 2. The number of aldehydes is 1. The molecule has 0 saturated heterocycles. The van der Waals surface area contributed by atoms with Gasteiger partial charge in [-0.15, -0.1) is 0 Å². The van der Waals surface area contributed by atoms with Gasteiger partial charge in [0.1, 0.15) is 37.1 Å². The normalized spacial score (nSPS) is 15.5. The molecule has 0 spiro atoms. The van der Waals surface area contributed by atoms with Gasteiger partial charge in [0.05, 0.1) is 13.2 Å². The zero-order valence-corrected chi connectivity index (χ0v) is 21.1. The average molecular weight is 509 g/mol. The van der Waals surface area contributed by atoms with Gasteiger partial charge in [0, 0.05) is 6.08 Å². The second-order valence-electron chi connectivity index (χ2n) is 8.55. The van der Waals surface area contributed by atoms with Crippen LogP contribution in [0.3, 0.4) is 0 Å². The lowest BCUT2D eigenvalue weighted by atomic mass is 10.0. The molecule has 0 amide bonds. The van der Waals surface area contributed by atoms with Crippen molar-refractivity contribution in [1.29, 1.82) is 0 Å². The third-order valence-corrected chi connectivity index (χ3v) is 5.28. The smallest absolute Gasteiger partial charge is 0.330 e. The number of unbranched alkanes of at least 4 members (excludes halogenated alkanes) is 11. The number of carbonyl (C=O) groups is 2. The van der Waals surface area contributed by atoms with Crippen LogP contribution in [0, 0.1) is 0 Å². The topological polar surface area (TPSA) is 185 Å². The average Bonchev–Trinajstić information content (AvgIpc) is 2.88. The summed E-state index contributed by atoms with van der Waals surface area (Å²) in [6.07, 6.45) is 10.8. The largest absolute Gasteiger partial charge is 0.460 e. The SMILES string of the molecule is CCCCCCCCCCCCCC=CC(=O)OCC(O)CO.O=C[C@H](O)[C@@H](O)[C@H](O)[C@H](O)CO. The Kier molecular flexibility index (Phi) is 26.2. The molecular weight excluding hydrogens is 460 g/mol. The molecule has 0 aromatic carbocycles. The van der Waals surface area contributed by atoms with Crippen LogP contribution < -0.4 is 0 Å². The van der Waals surface area contributed by atoms with E-state index in [2.05, 4.69) is 6.92 Å². The van der Waals surface area contributed by atoms with Crippen molar-refractivity contribution in [3.05, 3.63) is 12.2 Å². The van der Waals surface area contributed by atoms with Crippen molar-refractivity contribution in [3.8, 4) is 0 Å². The minimum absolute atomic E-state index is 0.0258. The summed E-state index contributed by atoms with van der Waals surface area (Å²) in [5.74, 6) is -0.458. The maximum atomic E-state index is 11.3. The van der Waals surface area contributed by atoms with Crippen molar-refractivity contribution in [2.75, 3.05) is 19.8 Å². The molecule has 0 fully saturated rings. The monoisotopic (exact) mass is 508 g/mol. The summed E-state index contributed by atoms with van der Waals surface area (Å²) in [6, 6.07) is 0. The highest BCUT2D eigenvalue weighted by molar-refractivity contribution is 5.81. The van der Waals surface area contributed by atoms with E-state index in [1.54, 1.807) is 0 Å². The van der Waals surface area contributed by atoms with E-state index in [0.29, 0.717) is 0 Å². The van der Waals surface area contributed by atoms with Gasteiger partial charge in [-0.25, -0.2) is 4.79 Å². The van der Waals surface area contributed by atoms with Crippen molar-refractivity contribution < 1.29 is 50.1 Å². The Morgan fingerprint density at radius 3 is 1.74 bits per heavy atom. The Labute approximate surface area is 209 Å². The number of hydrogen-bond donors (Lipinski definition) is 7. The quantitative estimate of drug-likeness (QED) is 0.0505. The summed E-state index contributed by atoms with van der Waals surface area (Å²) in [7, 11) is 0. The van der Waals surface area contributed by atoms with Gasteiger partial charge in [-0.3, -0.25) is 0 Å². The third kappa shape index (κ3) is 22.8. The summed E-state index contributed by atoms with van der Waals surface area (Å²) in [5.41, 5.74) is 0. The number of rotatable bonds is 21. The fourth-order valence-corrected chi connectivity index (χ4v) is 3.00. The van der Waals surface area contributed by atoms with Gasteiger partial charge in [0.2, 0.25) is 0 Å². The molecule has 0 aliphatic carbocycles. The fourth-order valence-electron chi connectivity index (χ4n) is 3.00. The lowest BCUT2D eigenvalue weighted by Crippen LogP contribution is -2.46. The molecule has 7 N–H and O–H groups in total. The molecule has 0 aromatic heterocycles. The van der Waals surface area contributed by atoms with Gasteiger partial charge < -0.3 is 45.3 Å². The van der Waals surface area contributed by atoms with Crippen molar-refractivity contribution >= 4 is 12.3 Å². The van der Waals surface area contributed by atoms with Crippen LogP contribution in [0.15, 0.2) is 12.2 Å². The number of aliphatic hydroxyl groups is 7. The maximum Gasteiger partial charge on any atom is 0.330 e. The Hall–Kier alpha value is -1.40.